The quantitative estimate of drug-likeness (QED) is 0.644. The summed E-state index contributed by atoms with van der Waals surface area (Å²) in [5.41, 5.74) is 4.78. The first-order valence-electron chi connectivity index (χ1n) is 9.11. The summed E-state index contributed by atoms with van der Waals surface area (Å²) in [5, 5.41) is 4.49. The summed E-state index contributed by atoms with van der Waals surface area (Å²) in [6, 6.07) is 2.10. The van der Waals surface area contributed by atoms with Crippen LogP contribution in [-0.2, 0) is 6.54 Å². The number of aryl methyl sites for hydroxylation is 2. The van der Waals surface area contributed by atoms with Gasteiger partial charge in [-0.3, -0.25) is 0 Å². The van der Waals surface area contributed by atoms with Gasteiger partial charge in [0, 0.05) is 22.7 Å². The van der Waals surface area contributed by atoms with Crippen molar-refractivity contribution in [3.05, 3.63) is 39.6 Å². The van der Waals surface area contributed by atoms with Gasteiger partial charge in [0.15, 0.2) is 0 Å². The Labute approximate surface area is 152 Å². The lowest BCUT2D eigenvalue weighted by Gasteiger charge is -2.13. The third kappa shape index (κ3) is 3.17. The highest BCUT2D eigenvalue weighted by atomic mass is 32.1. The van der Waals surface area contributed by atoms with Crippen LogP contribution >= 0.6 is 11.3 Å². The highest BCUT2D eigenvalue weighted by Gasteiger charge is 2.20. The fourth-order valence-electron chi connectivity index (χ4n) is 3.88. The van der Waals surface area contributed by atoms with E-state index in [1.807, 2.05) is 6.20 Å². The van der Waals surface area contributed by atoms with Gasteiger partial charge in [-0.05, 0) is 51.2 Å². The Balaban J connectivity index is 1.71. The van der Waals surface area contributed by atoms with E-state index in [4.69, 9.17) is 4.74 Å². The summed E-state index contributed by atoms with van der Waals surface area (Å²) in [7, 11) is 0. The Morgan fingerprint density at radius 2 is 2.04 bits per heavy atom. The van der Waals surface area contributed by atoms with Crippen LogP contribution in [0.3, 0.4) is 0 Å². The van der Waals surface area contributed by atoms with E-state index in [1.165, 1.54) is 42.3 Å². The Bertz CT molecular complexity index is 890. The van der Waals surface area contributed by atoms with Gasteiger partial charge in [0.25, 0.3) is 0 Å². The predicted octanol–water partition coefficient (Wildman–Crippen LogP) is 5.04. The lowest BCUT2D eigenvalue weighted by molar-refractivity contribution is 0.245. The molecule has 0 spiro atoms. The lowest BCUT2D eigenvalue weighted by Crippen LogP contribution is -2.10. The number of nitrogens with zero attached hydrogens (tertiary/aromatic N) is 3. The largest absolute Gasteiger partial charge is 0.476 e. The van der Waals surface area contributed by atoms with Crippen LogP contribution in [0.2, 0.25) is 0 Å². The molecule has 4 rings (SSSR count). The summed E-state index contributed by atoms with van der Waals surface area (Å²) in [6.07, 6.45) is 7.11. The SMILES string of the molecule is Cc1nc(Cn2c(C)c(C)c3ccnc(OCC4CCCC4)c32)cs1. The van der Waals surface area contributed by atoms with Crippen LogP contribution in [0, 0.1) is 26.7 Å². The lowest BCUT2D eigenvalue weighted by atomic mass is 10.1. The molecule has 0 atom stereocenters. The zero-order valence-electron chi connectivity index (χ0n) is 15.2. The molecule has 1 aliphatic carbocycles. The van der Waals surface area contributed by atoms with Gasteiger partial charge in [-0.2, -0.15) is 0 Å². The third-order valence-corrected chi connectivity index (χ3v) is 6.25. The van der Waals surface area contributed by atoms with Crippen LogP contribution in [-0.4, -0.2) is 21.1 Å². The first-order chi connectivity index (χ1) is 12.1. The average molecular weight is 356 g/mol. The second-order valence-electron chi connectivity index (χ2n) is 7.13. The number of pyridine rings is 1. The van der Waals surface area contributed by atoms with Crippen LogP contribution in [0.5, 0.6) is 5.88 Å². The second kappa shape index (κ2) is 6.79. The number of aromatic nitrogens is 3. The van der Waals surface area contributed by atoms with Crippen molar-refractivity contribution in [2.45, 2.75) is 53.0 Å². The van der Waals surface area contributed by atoms with Crippen LogP contribution in [0.4, 0.5) is 0 Å². The number of ether oxygens (including phenoxy) is 1. The van der Waals surface area contributed by atoms with Gasteiger partial charge in [-0.1, -0.05) is 12.8 Å². The highest BCUT2D eigenvalue weighted by Crippen LogP contribution is 2.33. The molecule has 132 valence electrons. The number of hydrogen-bond acceptors (Lipinski definition) is 4. The fraction of sp³-hybridized carbons (Fsp3) is 0.500. The molecule has 0 radical (unpaired) electrons. The Morgan fingerprint density at radius 3 is 2.76 bits per heavy atom. The molecule has 0 aliphatic heterocycles. The molecular formula is C20H25N3OS. The van der Waals surface area contributed by atoms with Crippen molar-refractivity contribution in [1.29, 1.82) is 0 Å². The molecule has 0 unspecified atom stereocenters. The molecule has 3 aromatic heterocycles. The van der Waals surface area contributed by atoms with E-state index in [1.54, 1.807) is 11.3 Å². The molecule has 4 nitrogen and oxygen atoms in total. The molecule has 1 fully saturated rings. The molecule has 1 saturated carbocycles. The number of hydrogen-bond donors (Lipinski definition) is 0. The Kier molecular flexibility index (Phi) is 4.50. The van der Waals surface area contributed by atoms with Gasteiger partial charge in [0.2, 0.25) is 5.88 Å². The van der Waals surface area contributed by atoms with Gasteiger partial charge in [-0.15, -0.1) is 11.3 Å². The van der Waals surface area contributed by atoms with E-state index in [-0.39, 0.29) is 0 Å². The highest BCUT2D eigenvalue weighted by molar-refractivity contribution is 7.09. The smallest absolute Gasteiger partial charge is 0.238 e. The maximum Gasteiger partial charge on any atom is 0.238 e. The standard InChI is InChI=1S/C20H25N3OS/c1-13-14(2)23(10-17-12-25-15(3)22-17)19-18(13)8-9-21-20(19)24-11-16-6-4-5-7-16/h8-9,12,16H,4-7,10-11H2,1-3H3. The number of fused-ring (bicyclic) bond motifs is 1. The van der Waals surface area contributed by atoms with Gasteiger partial charge in [-0.25, -0.2) is 9.97 Å². The summed E-state index contributed by atoms with van der Waals surface area (Å²) in [6.45, 7) is 7.96. The van der Waals surface area contributed by atoms with Crippen molar-refractivity contribution in [2.75, 3.05) is 6.61 Å². The Morgan fingerprint density at radius 1 is 1.24 bits per heavy atom. The Hall–Kier alpha value is -1.88. The minimum Gasteiger partial charge on any atom is -0.476 e. The van der Waals surface area contributed by atoms with Crippen molar-refractivity contribution in [2.24, 2.45) is 5.92 Å². The molecule has 0 amide bonds. The van der Waals surface area contributed by atoms with Gasteiger partial charge in [0.1, 0.15) is 5.52 Å². The molecule has 0 bridgehead atoms. The fourth-order valence-corrected chi connectivity index (χ4v) is 4.49. The second-order valence-corrected chi connectivity index (χ2v) is 8.19. The minimum absolute atomic E-state index is 0.684. The normalized spacial score (nSPS) is 15.3. The van der Waals surface area contributed by atoms with E-state index >= 15 is 0 Å². The van der Waals surface area contributed by atoms with Crippen molar-refractivity contribution in [3.8, 4) is 5.88 Å². The zero-order chi connectivity index (χ0) is 17.4. The maximum absolute atomic E-state index is 6.21. The summed E-state index contributed by atoms with van der Waals surface area (Å²) in [5.74, 6) is 1.46. The van der Waals surface area contributed by atoms with E-state index in [0.717, 1.165) is 35.2 Å². The topological polar surface area (TPSA) is 39.9 Å². The molecule has 3 aromatic rings. The summed E-state index contributed by atoms with van der Waals surface area (Å²) < 4.78 is 8.52. The van der Waals surface area contributed by atoms with E-state index in [0.29, 0.717) is 5.92 Å². The molecule has 0 saturated heterocycles. The van der Waals surface area contributed by atoms with Crippen molar-refractivity contribution in [3.63, 3.8) is 0 Å². The average Bonchev–Trinajstić information content (AvgIpc) is 3.32. The van der Waals surface area contributed by atoms with Crippen molar-refractivity contribution < 1.29 is 4.74 Å². The molecule has 0 aromatic carbocycles. The third-order valence-electron chi connectivity index (χ3n) is 5.43. The van der Waals surface area contributed by atoms with Crippen molar-refractivity contribution >= 4 is 22.2 Å². The van der Waals surface area contributed by atoms with Crippen LogP contribution in [0.15, 0.2) is 17.6 Å². The molecule has 1 aliphatic rings. The molecular weight excluding hydrogens is 330 g/mol. The van der Waals surface area contributed by atoms with Crippen molar-refractivity contribution in [1.82, 2.24) is 14.5 Å². The first kappa shape index (κ1) is 16.6. The molecule has 3 heterocycles. The molecule has 5 heteroatoms. The first-order valence-corrected chi connectivity index (χ1v) is 9.99. The monoisotopic (exact) mass is 355 g/mol. The number of thiazole rings is 1. The summed E-state index contributed by atoms with van der Waals surface area (Å²) in [4.78, 5) is 9.21. The zero-order valence-corrected chi connectivity index (χ0v) is 16.0. The predicted molar refractivity (Wildman–Crippen MR) is 103 cm³/mol. The summed E-state index contributed by atoms with van der Waals surface area (Å²) >= 11 is 1.70. The van der Waals surface area contributed by atoms with Crippen LogP contribution < -0.4 is 4.74 Å². The van der Waals surface area contributed by atoms with Gasteiger partial charge in [0.05, 0.1) is 23.9 Å². The van der Waals surface area contributed by atoms with Crippen LogP contribution in [0.1, 0.15) is 47.6 Å². The van der Waals surface area contributed by atoms with E-state index in [9.17, 15) is 0 Å². The van der Waals surface area contributed by atoms with E-state index < -0.39 is 0 Å². The maximum atomic E-state index is 6.21. The van der Waals surface area contributed by atoms with Crippen LogP contribution in [0.25, 0.3) is 10.9 Å². The van der Waals surface area contributed by atoms with E-state index in [2.05, 4.69) is 46.8 Å². The van der Waals surface area contributed by atoms with Gasteiger partial charge >= 0.3 is 0 Å². The minimum atomic E-state index is 0.684. The number of rotatable bonds is 5. The molecule has 0 N–H and O–H groups in total. The van der Waals surface area contributed by atoms with Gasteiger partial charge < -0.3 is 9.30 Å². The molecule has 25 heavy (non-hydrogen) atoms.